The molecule has 8 heteroatoms. The van der Waals surface area contributed by atoms with Crippen molar-refractivity contribution in [2.24, 2.45) is 4.99 Å². The van der Waals surface area contributed by atoms with Crippen molar-refractivity contribution < 1.29 is 4.79 Å². The van der Waals surface area contributed by atoms with Crippen molar-refractivity contribution >= 4 is 47.2 Å². The Hall–Kier alpha value is -1.65. The maximum Gasteiger partial charge on any atom is 0.243 e. The lowest BCUT2D eigenvalue weighted by Gasteiger charge is -2.27. The van der Waals surface area contributed by atoms with E-state index in [1.807, 2.05) is 6.07 Å². The first-order valence-corrected chi connectivity index (χ1v) is 11.5. The second kappa shape index (κ2) is 13.7. The molecular weight excluding hydrogens is 521 g/mol. The summed E-state index contributed by atoms with van der Waals surface area (Å²) < 4.78 is 0. The van der Waals surface area contributed by atoms with E-state index in [4.69, 9.17) is 0 Å². The number of hydrogen-bond donors (Lipinski definition) is 2. The Kier molecular flexibility index (Phi) is 11.3. The van der Waals surface area contributed by atoms with Gasteiger partial charge in [0.2, 0.25) is 5.91 Å². The third-order valence-corrected chi connectivity index (χ3v) is 6.31. The van der Waals surface area contributed by atoms with Gasteiger partial charge in [0.15, 0.2) is 5.96 Å². The van der Waals surface area contributed by atoms with Crippen LogP contribution in [0.1, 0.15) is 29.3 Å². The molecule has 0 saturated carbocycles. The first-order valence-electron chi connectivity index (χ1n) is 10.7. The highest BCUT2D eigenvalue weighted by molar-refractivity contribution is 14.0. The van der Waals surface area contributed by atoms with Crippen LogP contribution in [0.4, 0.5) is 0 Å². The van der Waals surface area contributed by atoms with Gasteiger partial charge >= 0.3 is 0 Å². The van der Waals surface area contributed by atoms with Gasteiger partial charge in [-0.25, -0.2) is 4.99 Å². The Morgan fingerprint density at radius 1 is 1.13 bits per heavy atom. The molecule has 1 aliphatic rings. The van der Waals surface area contributed by atoms with Gasteiger partial charge < -0.3 is 15.5 Å². The van der Waals surface area contributed by atoms with E-state index in [9.17, 15) is 4.79 Å². The van der Waals surface area contributed by atoms with Crippen LogP contribution in [0.2, 0.25) is 0 Å². The monoisotopic (exact) mass is 555 g/mol. The molecule has 1 amide bonds. The van der Waals surface area contributed by atoms with Crippen molar-refractivity contribution in [2.75, 3.05) is 46.8 Å². The quantitative estimate of drug-likeness (QED) is 0.283. The summed E-state index contributed by atoms with van der Waals surface area (Å²) in [5, 5.41) is 9.05. The number of likely N-dealkylation sites (tertiary alicyclic amines) is 1. The molecule has 31 heavy (non-hydrogen) atoms. The molecule has 0 spiro atoms. The molecule has 2 aromatic rings. The van der Waals surface area contributed by atoms with Crippen molar-refractivity contribution in [1.82, 2.24) is 20.4 Å². The number of guanidine groups is 1. The van der Waals surface area contributed by atoms with Crippen molar-refractivity contribution in [3.63, 3.8) is 0 Å². The Balaban J connectivity index is 0.00000341. The molecule has 6 nitrogen and oxygen atoms in total. The first-order chi connectivity index (χ1) is 14.6. The average molecular weight is 556 g/mol. The van der Waals surface area contributed by atoms with Crippen LogP contribution in [0.15, 0.2) is 52.8 Å². The lowest BCUT2D eigenvalue weighted by molar-refractivity contribution is -0.127. The standard InChI is InChI=1S/C23H33N5OS.HI/c1-27(2)22(29)18-26-23(24-13-12-19-9-4-3-5-10-19)25-17-20(21-11-8-16-30-21)28-14-6-7-15-28;/h3-5,8-11,16,20H,6-7,12-15,17-18H2,1-2H3,(H2,24,25,26);1H. The minimum absolute atomic E-state index is 0. The number of benzene rings is 1. The average Bonchev–Trinajstić information content (AvgIpc) is 3.47. The largest absolute Gasteiger partial charge is 0.356 e. The molecule has 1 atom stereocenters. The molecule has 0 aliphatic carbocycles. The van der Waals surface area contributed by atoms with Gasteiger partial charge in [-0.3, -0.25) is 9.69 Å². The van der Waals surface area contributed by atoms with Gasteiger partial charge in [-0.1, -0.05) is 36.4 Å². The highest BCUT2D eigenvalue weighted by Crippen LogP contribution is 2.27. The fourth-order valence-corrected chi connectivity index (χ4v) is 4.43. The van der Waals surface area contributed by atoms with Crippen LogP contribution in [0.5, 0.6) is 0 Å². The fourth-order valence-electron chi connectivity index (χ4n) is 3.57. The zero-order valence-electron chi connectivity index (χ0n) is 18.4. The number of likely N-dealkylation sites (N-methyl/N-ethyl adjacent to an activating group) is 1. The second-order valence-corrected chi connectivity index (χ2v) is 8.75. The molecule has 1 aromatic heterocycles. The van der Waals surface area contributed by atoms with E-state index in [0.29, 0.717) is 12.0 Å². The zero-order valence-corrected chi connectivity index (χ0v) is 21.6. The smallest absolute Gasteiger partial charge is 0.243 e. The topological polar surface area (TPSA) is 60.0 Å². The Morgan fingerprint density at radius 2 is 1.87 bits per heavy atom. The molecule has 2 heterocycles. The first kappa shape index (κ1) is 25.6. The fraction of sp³-hybridized carbons (Fsp3) is 0.478. The molecule has 0 radical (unpaired) electrons. The number of nitrogens with one attached hydrogen (secondary N) is 2. The van der Waals surface area contributed by atoms with Gasteiger partial charge in [0.25, 0.3) is 0 Å². The minimum atomic E-state index is -0.00601. The van der Waals surface area contributed by atoms with E-state index in [2.05, 4.69) is 62.3 Å². The maximum absolute atomic E-state index is 12.0. The number of aliphatic imine (C=N–C) groups is 1. The van der Waals surface area contributed by atoms with E-state index >= 15 is 0 Å². The summed E-state index contributed by atoms with van der Waals surface area (Å²) in [6.45, 7) is 3.95. The van der Waals surface area contributed by atoms with Crippen LogP contribution in [0.25, 0.3) is 0 Å². The van der Waals surface area contributed by atoms with Crippen LogP contribution >= 0.6 is 35.3 Å². The summed E-state index contributed by atoms with van der Waals surface area (Å²) in [7, 11) is 3.52. The van der Waals surface area contributed by atoms with Crippen LogP contribution in [-0.4, -0.2) is 68.5 Å². The normalized spacial score (nSPS) is 15.2. The van der Waals surface area contributed by atoms with E-state index < -0.39 is 0 Å². The summed E-state index contributed by atoms with van der Waals surface area (Å²) in [6, 6.07) is 15.1. The van der Waals surface area contributed by atoms with Crippen molar-refractivity contribution in [1.29, 1.82) is 0 Å². The Bertz CT molecular complexity index is 792. The van der Waals surface area contributed by atoms with Crippen molar-refractivity contribution in [3.8, 4) is 0 Å². The maximum atomic E-state index is 12.0. The third kappa shape index (κ3) is 8.42. The Labute approximate surface area is 207 Å². The third-order valence-electron chi connectivity index (χ3n) is 5.34. The summed E-state index contributed by atoms with van der Waals surface area (Å²) in [6.07, 6.45) is 3.43. The number of nitrogens with zero attached hydrogens (tertiary/aromatic N) is 3. The van der Waals surface area contributed by atoms with E-state index in [1.54, 1.807) is 30.3 Å². The lowest BCUT2D eigenvalue weighted by atomic mass is 10.1. The van der Waals surface area contributed by atoms with Crippen molar-refractivity contribution in [2.45, 2.75) is 25.3 Å². The molecule has 1 aromatic carbocycles. The molecule has 1 unspecified atom stereocenters. The molecule has 1 fully saturated rings. The van der Waals surface area contributed by atoms with E-state index in [0.717, 1.165) is 32.6 Å². The predicted molar refractivity (Wildman–Crippen MR) is 140 cm³/mol. The van der Waals surface area contributed by atoms with Crippen LogP contribution < -0.4 is 10.6 Å². The molecule has 3 rings (SSSR count). The van der Waals surface area contributed by atoms with Gasteiger partial charge in [-0.2, -0.15) is 0 Å². The number of rotatable bonds is 9. The summed E-state index contributed by atoms with van der Waals surface area (Å²) in [5.74, 6) is 0.690. The molecular formula is C23H34IN5OS. The summed E-state index contributed by atoms with van der Waals surface area (Å²) in [5.41, 5.74) is 1.28. The van der Waals surface area contributed by atoms with Crippen molar-refractivity contribution in [3.05, 3.63) is 58.3 Å². The molecule has 1 aliphatic heterocycles. The highest BCUT2D eigenvalue weighted by Gasteiger charge is 2.24. The van der Waals surface area contributed by atoms with Gasteiger partial charge in [-0.05, 0) is 49.4 Å². The molecule has 170 valence electrons. The summed E-state index contributed by atoms with van der Waals surface area (Å²) >= 11 is 1.80. The number of carbonyl (C=O) groups excluding carboxylic acids is 1. The van der Waals surface area contributed by atoms with Gasteiger partial charge in [0, 0.05) is 32.1 Å². The van der Waals surface area contributed by atoms with Crippen LogP contribution in [0, 0.1) is 0 Å². The predicted octanol–water partition coefficient (Wildman–Crippen LogP) is 3.37. The number of amides is 1. The van der Waals surface area contributed by atoms with Gasteiger partial charge in [-0.15, -0.1) is 35.3 Å². The molecule has 0 bridgehead atoms. The Morgan fingerprint density at radius 3 is 2.52 bits per heavy atom. The SMILES string of the molecule is CN(C)C(=O)CN=C(NCCc1ccccc1)NCC(c1cccs1)N1CCCC1.I. The minimum Gasteiger partial charge on any atom is -0.356 e. The number of thiophene rings is 1. The molecule has 1 saturated heterocycles. The highest BCUT2D eigenvalue weighted by atomic mass is 127. The number of hydrogen-bond acceptors (Lipinski definition) is 4. The zero-order chi connectivity index (χ0) is 21.2. The number of carbonyl (C=O) groups is 1. The van der Waals surface area contributed by atoms with Crippen LogP contribution in [0.3, 0.4) is 0 Å². The molecule has 2 N–H and O–H groups in total. The number of halogens is 1. The second-order valence-electron chi connectivity index (χ2n) is 7.77. The lowest BCUT2D eigenvalue weighted by Crippen LogP contribution is -2.43. The van der Waals surface area contributed by atoms with E-state index in [1.165, 1.54) is 23.3 Å². The van der Waals surface area contributed by atoms with Gasteiger partial charge in [0.05, 0.1) is 6.04 Å². The van der Waals surface area contributed by atoms with Gasteiger partial charge in [0.1, 0.15) is 6.54 Å². The summed E-state index contributed by atoms with van der Waals surface area (Å²) in [4.78, 5) is 22.1. The van der Waals surface area contributed by atoms with Crippen LogP contribution in [-0.2, 0) is 11.2 Å². The van der Waals surface area contributed by atoms with E-state index in [-0.39, 0.29) is 36.4 Å².